The van der Waals surface area contributed by atoms with Gasteiger partial charge < -0.3 is 13.8 Å². The zero-order chi connectivity index (χ0) is 21.4. The van der Waals surface area contributed by atoms with E-state index < -0.39 is 15.1 Å². The molecule has 158 valence electrons. The van der Waals surface area contributed by atoms with Crippen LogP contribution in [0.3, 0.4) is 0 Å². The molecule has 4 aromatic rings. The number of carbonyl (C=O) groups is 1. The smallest absolute Gasteiger partial charge is 0.253 e. The largest absolute Gasteiger partial charge is 0.468 e. The Bertz CT molecular complexity index is 1330. The van der Waals surface area contributed by atoms with Gasteiger partial charge in [0.05, 0.1) is 16.9 Å². The third-order valence-electron chi connectivity index (χ3n) is 5.62. The Balaban J connectivity index is 1.37. The molecular weight excluding hydrogens is 416 g/mol. The predicted octanol–water partition coefficient (Wildman–Crippen LogP) is 3.92. The van der Waals surface area contributed by atoms with E-state index in [1.54, 1.807) is 35.2 Å². The second-order valence-corrected chi connectivity index (χ2v) is 9.94. The monoisotopic (exact) mass is 436 g/mol. The van der Waals surface area contributed by atoms with Gasteiger partial charge in [0, 0.05) is 24.2 Å². The van der Waals surface area contributed by atoms with Crippen LogP contribution in [0.4, 0.5) is 0 Å². The molecule has 0 N–H and O–H groups in total. The van der Waals surface area contributed by atoms with E-state index >= 15 is 0 Å². The zero-order valence-corrected chi connectivity index (χ0v) is 17.4. The second kappa shape index (κ2) is 7.70. The molecule has 0 saturated carbocycles. The summed E-state index contributed by atoms with van der Waals surface area (Å²) in [5.74, 6) is 0.666. The molecule has 5 rings (SSSR count). The average molecular weight is 436 g/mol. The molecule has 2 aromatic heterocycles. The quantitative estimate of drug-likeness (QED) is 0.471. The number of hydrogen-bond acceptors (Lipinski definition) is 6. The summed E-state index contributed by atoms with van der Waals surface area (Å²) in [6.07, 6.45) is 1.87. The highest BCUT2D eigenvalue weighted by molar-refractivity contribution is 7.91. The Morgan fingerprint density at radius 2 is 1.94 bits per heavy atom. The van der Waals surface area contributed by atoms with Crippen molar-refractivity contribution in [2.24, 2.45) is 0 Å². The Morgan fingerprint density at radius 1 is 1.10 bits per heavy atom. The number of likely N-dealkylation sites (tertiary alicyclic amines) is 1. The first kappa shape index (κ1) is 19.6. The summed E-state index contributed by atoms with van der Waals surface area (Å²) in [6.45, 7) is 0.573. The lowest BCUT2D eigenvalue weighted by Crippen LogP contribution is -2.32. The molecule has 0 unspecified atom stereocenters. The predicted molar refractivity (Wildman–Crippen MR) is 115 cm³/mol. The summed E-state index contributed by atoms with van der Waals surface area (Å²) in [5, 5.41) is 4.24. The number of fused-ring (bicyclic) bond motifs is 1. The van der Waals surface area contributed by atoms with Crippen molar-refractivity contribution >= 4 is 26.6 Å². The van der Waals surface area contributed by atoms with Crippen LogP contribution in [0.15, 0.2) is 75.9 Å². The minimum Gasteiger partial charge on any atom is -0.468 e. The van der Waals surface area contributed by atoms with Crippen LogP contribution >= 0.6 is 0 Å². The summed E-state index contributed by atoms with van der Waals surface area (Å²) >= 11 is 0. The number of aromatic nitrogens is 1. The molecule has 2 aromatic carbocycles. The van der Waals surface area contributed by atoms with Crippen LogP contribution in [0.25, 0.3) is 22.2 Å². The lowest BCUT2D eigenvalue weighted by molar-refractivity contribution is 0.0793. The lowest BCUT2D eigenvalue weighted by atomic mass is 10.1. The van der Waals surface area contributed by atoms with E-state index in [0.29, 0.717) is 35.6 Å². The van der Waals surface area contributed by atoms with E-state index in [2.05, 4.69) is 5.16 Å². The van der Waals surface area contributed by atoms with Crippen molar-refractivity contribution in [3.8, 4) is 11.3 Å². The van der Waals surface area contributed by atoms with Gasteiger partial charge in [-0.05, 0) is 36.8 Å². The maximum absolute atomic E-state index is 13.1. The molecule has 1 aliphatic rings. The van der Waals surface area contributed by atoms with Crippen LogP contribution in [0.1, 0.15) is 22.5 Å². The molecule has 7 nitrogen and oxygen atoms in total. The number of sulfone groups is 1. The van der Waals surface area contributed by atoms with E-state index in [9.17, 15) is 13.2 Å². The van der Waals surface area contributed by atoms with E-state index in [1.807, 2.05) is 30.3 Å². The highest BCUT2D eigenvalue weighted by Crippen LogP contribution is 2.30. The number of hydrogen-bond donors (Lipinski definition) is 0. The first-order chi connectivity index (χ1) is 15.0. The van der Waals surface area contributed by atoms with Crippen molar-refractivity contribution in [3.63, 3.8) is 0 Å². The Morgan fingerprint density at radius 3 is 2.71 bits per heavy atom. The summed E-state index contributed by atoms with van der Waals surface area (Å²) in [7, 11) is -3.41. The second-order valence-electron chi connectivity index (χ2n) is 7.66. The molecule has 1 amide bonds. The van der Waals surface area contributed by atoms with Crippen molar-refractivity contribution in [2.45, 2.75) is 17.4 Å². The van der Waals surface area contributed by atoms with E-state index in [1.165, 1.54) is 6.26 Å². The van der Waals surface area contributed by atoms with E-state index in [0.717, 1.165) is 10.9 Å². The van der Waals surface area contributed by atoms with Gasteiger partial charge in [-0.25, -0.2) is 8.42 Å². The fraction of sp³-hybridized carbons (Fsp3) is 0.217. The highest BCUT2D eigenvalue weighted by Gasteiger charge is 2.36. The summed E-state index contributed by atoms with van der Waals surface area (Å²) < 4.78 is 36.1. The number of rotatable bonds is 5. The first-order valence-electron chi connectivity index (χ1n) is 9.99. The Labute approximate surface area is 179 Å². The number of benzene rings is 2. The van der Waals surface area contributed by atoms with Gasteiger partial charge in [-0.1, -0.05) is 35.5 Å². The SMILES string of the molecule is O=C(c1ccc2noc(-c3ccccc3)c2c1)N1CC[C@H](S(=O)(=O)Cc2ccco2)C1. The van der Waals surface area contributed by atoms with Crippen molar-refractivity contribution in [1.82, 2.24) is 10.1 Å². The third-order valence-corrected chi connectivity index (χ3v) is 7.71. The van der Waals surface area contributed by atoms with Gasteiger partial charge in [0.2, 0.25) is 0 Å². The molecule has 0 radical (unpaired) electrons. The lowest BCUT2D eigenvalue weighted by Gasteiger charge is -2.16. The van der Waals surface area contributed by atoms with Crippen LogP contribution in [0.2, 0.25) is 0 Å². The molecular formula is C23H20N2O5S. The summed E-state index contributed by atoms with van der Waals surface area (Å²) in [4.78, 5) is 14.7. The Hall–Kier alpha value is -3.39. The van der Waals surface area contributed by atoms with E-state index in [4.69, 9.17) is 8.94 Å². The Kier molecular flexibility index (Phi) is 4.86. The van der Waals surface area contributed by atoms with Gasteiger partial charge in [-0.15, -0.1) is 0 Å². The maximum Gasteiger partial charge on any atom is 0.253 e. The number of amides is 1. The van der Waals surface area contributed by atoms with Crippen molar-refractivity contribution < 1.29 is 22.2 Å². The molecule has 1 aliphatic heterocycles. The van der Waals surface area contributed by atoms with E-state index in [-0.39, 0.29) is 18.2 Å². The fourth-order valence-corrected chi connectivity index (χ4v) is 5.64. The third kappa shape index (κ3) is 3.74. The van der Waals surface area contributed by atoms with Gasteiger partial charge in [-0.3, -0.25) is 4.79 Å². The van der Waals surface area contributed by atoms with Crippen molar-refractivity contribution in [2.75, 3.05) is 13.1 Å². The summed E-state index contributed by atoms with van der Waals surface area (Å²) in [5.41, 5.74) is 2.02. The normalized spacial score (nSPS) is 16.8. The first-order valence-corrected chi connectivity index (χ1v) is 11.7. The van der Waals surface area contributed by atoms with Gasteiger partial charge >= 0.3 is 0 Å². The molecule has 1 atom stereocenters. The molecule has 0 spiro atoms. The standard InChI is InChI=1S/C23H20N2O5S/c26-23(25-11-10-19(14-25)31(27,28)15-18-7-4-12-29-18)17-8-9-21-20(13-17)22(30-24-21)16-5-2-1-3-6-16/h1-9,12-13,19H,10-11,14-15H2/t19-/m0/s1. The van der Waals surface area contributed by atoms with Crippen molar-refractivity contribution in [1.29, 1.82) is 0 Å². The molecule has 1 fully saturated rings. The zero-order valence-electron chi connectivity index (χ0n) is 16.6. The minimum atomic E-state index is -3.41. The van der Waals surface area contributed by atoms with Gasteiger partial charge in [0.1, 0.15) is 17.0 Å². The molecule has 31 heavy (non-hydrogen) atoms. The average Bonchev–Trinajstić information content (AvgIpc) is 3.53. The molecule has 8 heteroatoms. The fourth-order valence-electron chi connectivity index (χ4n) is 3.97. The van der Waals surface area contributed by atoms with Crippen LogP contribution in [0.5, 0.6) is 0 Å². The number of furan rings is 1. The maximum atomic E-state index is 13.1. The minimum absolute atomic E-state index is 0.153. The topological polar surface area (TPSA) is 93.6 Å². The van der Waals surface area contributed by atoms with Crippen molar-refractivity contribution in [3.05, 3.63) is 78.3 Å². The van der Waals surface area contributed by atoms with Crippen LogP contribution in [-0.2, 0) is 15.6 Å². The highest BCUT2D eigenvalue weighted by atomic mass is 32.2. The van der Waals surface area contributed by atoms with Crippen LogP contribution < -0.4 is 0 Å². The number of carbonyl (C=O) groups excluding carboxylic acids is 1. The summed E-state index contributed by atoms with van der Waals surface area (Å²) in [6, 6.07) is 18.1. The molecule has 0 aliphatic carbocycles. The molecule has 0 bridgehead atoms. The van der Waals surface area contributed by atoms with Gasteiger partial charge in [-0.2, -0.15) is 0 Å². The van der Waals surface area contributed by atoms with Crippen LogP contribution in [0, 0.1) is 0 Å². The van der Waals surface area contributed by atoms with Gasteiger partial charge in [0.25, 0.3) is 5.91 Å². The molecule has 1 saturated heterocycles. The molecule has 3 heterocycles. The number of nitrogens with zero attached hydrogens (tertiary/aromatic N) is 2. The van der Waals surface area contributed by atoms with Crippen LogP contribution in [-0.4, -0.2) is 42.7 Å². The van der Waals surface area contributed by atoms with Gasteiger partial charge in [0.15, 0.2) is 15.6 Å².